The smallest absolute Gasteiger partial charge is 0.254 e. The van der Waals surface area contributed by atoms with Crippen LogP contribution in [0.15, 0.2) is 47.4 Å². The highest BCUT2D eigenvalue weighted by Gasteiger charge is 2.10. The molecule has 0 atom stereocenters. The first-order valence-corrected chi connectivity index (χ1v) is 10.7. The summed E-state index contributed by atoms with van der Waals surface area (Å²) in [4.78, 5) is 26.2. The van der Waals surface area contributed by atoms with Gasteiger partial charge in [0.15, 0.2) is 0 Å². The molecule has 30 heavy (non-hydrogen) atoms. The highest BCUT2D eigenvalue weighted by Crippen LogP contribution is 2.17. The molecule has 0 aliphatic carbocycles. The Morgan fingerprint density at radius 2 is 1.73 bits per heavy atom. The van der Waals surface area contributed by atoms with Crippen molar-refractivity contribution in [2.75, 3.05) is 18.4 Å². The van der Waals surface area contributed by atoms with E-state index in [0.29, 0.717) is 11.4 Å². The van der Waals surface area contributed by atoms with Crippen molar-refractivity contribution in [1.82, 2.24) is 19.9 Å². The Morgan fingerprint density at radius 3 is 2.40 bits per heavy atom. The van der Waals surface area contributed by atoms with Gasteiger partial charge in [-0.2, -0.15) is 0 Å². The minimum absolute atomic E-state index is 0.108. The predicted molar refractivity (Wildman–Crippen MR) is 120 cm³/mol. The molecule has 0 amide bonds. The van der Waals surface area contributed by atoms with Gasteiger partial charge in [-0.15, -0.1) is 0 Å². The zero-order chi connectivity index (χ0) is 20.9. The van der Waals surface area contributed by atoms with Crippen LogP contribution in [0.5, 0.6) is 0 Å². The van der Waals surface area contributed by atoms with Crippen molar-refractivity contribution in [2.24, 2.45) is 0 Å². The van der Waals surface area contributed by atoms with E-state index in [1.807, 2.05) is 19.1 Å². The molecular weight excluding hydrogens is 374 g/mol. The van der Waals surface area contributed by atoms with Crippen LogP contribution >= 0.6 is 0 Å². The number of aromatic amines is 1. The van der Waals surface area contributed by atoms with E-state index in [0.717, 1.165) is 30.2 Å². The molecule has 4 rings (SSSR count). The molecule has 2 aromatic heterocycles. The fourth-order valence-corrected chi connectivity index (χ4v) is 3.75. The number of hydrogen-bond acceptors (Lipinski definition) is 5. The fourth-order valence-electron chi connectivity index (χ4n) is 3.75. The molecule has 3 aromatic rings. The summed E-state index contributed by atoms with van der Waals surface area (Å²) in [6, 6.07) is 12.7. The largest absolute Gasteiger partial charge is 0.366 e. The molecule has 6 heteroatoms. The van der Waals surface area contributed by atoms with E-state index in [1.54, 1.807) is 13.1 Å². The number of rotatable bonds is 6. The Kier molecular flexibility index (Phi) is 6.23. The first kappa shape index (κ1) is 20.3. The van der Waals surface area contributed by atoms with Gasteiger partial charge in [-0.05, 0) is 63.0 Å². The summed E-state index contributed by atoms with van der Waals surface area (Å²) in [6.07, 6.45) is 5.75. The Bertz CT molecular complexity index is 1030. The average Bonchev–Trinajstić information content (AvgIpc) is 2.78. The van der Waals surface area contributed by atoms with Crippen LogP contribution in [0.1, 0.15) is 41.6 Å². The van der Waals surface area contributed by atoms with Gasteiger partial charge >= 0.3 is 0 Å². The van der Waals surface area contributed by atoms with Crippen molar-refractivity contribution in [3.63, 3.8) is 0 Å². The summed E-state index contributed by atoms with van der Waals surface area (Å²) in [5, 5.41) is 3.36. The fraction of sp³-hybridized carbons (Fsp3) is 0.375. The Hall–Kier alpha value is -2.99. The van der Waals surface area contributed by atoms with Gasteiger partial charge in [0.05, 0.1) is 0 Å². The molecule has 0 bridgehead atoms. The van der Waals surface area contributed by atoms with E-state index < -0.39 is 0 Å². The van der Waals surface area contributed by atoms with Crippen molar-refractivity contribution < 1.29 is 0 Å². The van der Waals surface area contributed by atoms with Crippen molar-refractivity contribution in [2.45, 2.75) is 46.2 Å². The SMILES string of the molecule is Cc1nc(-c2ccc(NCc3ccc(CN4CCCCC4)cc3)nc2)[nH]c(=O)c1C. The number of aromatic nitrogens is 3. The molecule has 6 nitrogen and oxygen atoms in total. The highest BCUT2D eigenvalue weighted by molar-refractivity contribution is 5.56. The van der Waals surface area contributed by atoms with E-state index in [4.69, 9.17) is 0 Å². The van der Waals surface area contributed by atoms with E-state index in [2.05, 4.69) is 49.4 Å². The van der Waals surface area contributed by atoms with Crippen molar-refractivity contribution in [3.05, 3.63) is 75.3 Å². The second-order valence-corrected chi connectivity index (χ2v) is 8.06. The normalized spacial score (nSPS) is 14.6. The number of H-pyrrole nitrogens is 1. The van der Waals surface area contributed by atoms with Gasteiger partial charge in [0.2, 0.25) is 0 Å². The van der Waals surface area contributed by atoms with Crippen LogP contribution in [0, 0.1) is 13.8 Å². The van der Waals surface area contributed by atoms with E-state index in [-0.39, 0.29) is 5.56 Å². The molecule has 1 aromatic carbocycles. The molecule has 1 fully saturated rings. The summed E-state index contributed by atoms with van der Waals surface area (Å²) in [5.41, 5.74) is 4.67. The number of nitrogens with zero attached hydrogens (tertiary/aromatic N) is 3. The van der Waals surface area contributed by atoms with Crippen LogP contribution in [-0.4, -0.2) is 32.9 Å². The molecule has 3 heterocycles. The third kappa shape index (κ3) is 4.94. The third-order valence-electron chi connectivity index (χ3n) is 5.78. The maximum absolute atomic E-state index is 12.0. The zero-order valence-corrected chi connectivity index (χ0v) is 17.7. The van der Waals surface area contributed by atoms with Gasteiger partial charge in [-0.25, -0.2) is 9.97 Å². The summed E-state index contributed by atoms with van der Waals surface area (Å²) in [5.74, 6) is 1.34. The Labute approximate surface area is 177 Å². The number of likely N-dealkylation sites (tertiary alicyclic amines) is 1. The highest BCUT2D eigenvalue weighted by atomic mass is 16.1. The first-order valence-electron chi connectivity index (χ1n) is 10.7. The molecule has 2 N–H and O–H groups in total. The maximum Gasteiger partial charge on any atom is 0.254 e. The van der Waals surface area contributed by atoms with Gasteiger partial charge < -0.3 is 10.3 Å². The molecule has 1 saturated heterocycles. The van der Waals surface area contributed by atoms with E-state index >= 15 is 0 Å². The number of hydrogen-bond donors (Lipinski definition) is 2. The molecule has 0 saturated carbocycles. The number of piperidine rings is 1. The first-order chi connectivity index (χ1) is 14.6. The number of benzene rings is 1. The van der Waals surface area contributed by atoms with E-state index in [1.165, 1.54) is 43.5 Å². The van der Waals surface area contributed by atoms with Crippen molar-refractivity contribution in [1.29, 1.82) is 0 Å². The van der Waals surface area contributed by atoms with E-state index in [9.17, 15) is 4.79 Å². The molecule has 0 spiro atoms. The topological polar surface area (TPSA) is 73.9 Å². The molecular formula is C24H29N5O. The third-order valence-corrected chi connectivity index (χ3v) is 5.78. The lowest BCUT2D eigenvalue weighted by molar-refractivity contribution is 0.221. The second-order valence-electron chi connectivity index (χ2n) is 8.06. The van der Waals surface area contributed by atoms with Gasteiger partial charge in [-0.3, -0.25) is 9.69 Å². The van der Waals surface area contributed by atoms with Crippen LogP contribution in [0.2, 0.25) is 0 Å². The number of anilines is 1. The standard InChI is InChI=1S/C24H29N5O/c1-17-18(2)27-23(28-24(17)30)21-10-11-22(26-15-21)25-14-19-6-8-20(9-7-19)16-29-12-4-3-5-13-29/h6-11,15H,3-5,12-14,16H2,1-2H3,(H,25,26)(H,27,28,30). The van der Waals surface area contributed by atoms with Crippen molar-refractivity contribution in [3.8, 4) is 11.4 Å². The second kappa shape index (κ2) is 9.22. The quantitative estimate of drug-likeness (QED) is 0.650. The molecule has 0 radical (unpaired) electrons. The van der Waals surface area contributed by atoms with Crippen LogP contribution in [0.3, 0.4) is 0 Å². The average molecular weight is 404 g/mol. The summed E-state index contributed by atoms with van der Waals surface area (Å²) in [6.45, 7) is 7.82. The lowest BCUT2D eigenvalue weighted by atomic mass is 10.1. The monoisotopic (exact) mass is 403 g/mol. The van der Waals surface area contributed by atoms with Crippen LogP contribution in [-0.2, 0) is 13.1 Å². The van der Waals surface area contributed by atoms with Gasteiger partial charge in [0, 0.05) is 36.1 Å². The Balaban J connectivity index is 1.34. The minimum atomic E-state index is -0.108. The predicted octanol–water partition coefficient (Wildman–Crippen LogP) is 4.05. The Morgan fingerprint density at radius 1 is 1.00 bits per heavy atom. The minimum Gasteiger partial charge on any atom is -0.366 e. The summed E-state index contributed by atoms with van der Waals surface area (Å²) >= 11 is 0. The van der Waals surface area contributed by atoms with Gasteiger partial charge in [0.1, 0.15) is 11.6 Å². The molecule has 1 aliphatic rings. The molecule has 0 unspecified atom stereocenters. The lowest BCUT2D eigenvalue weighted by Crippen LogP contribution is -2.29. The number of pyridine rings is 1. The molecule has 1 aliphatic heterocycles. The van der Waals surface area contributed by atoms with Crippen LogP contribution < -0.4 is 10.9 Å². The summed E-state index contributed by atoms with van der Waals surface area (Å²) in [7, 11) is 0. The summed E-state index contributed by atoms with van der Waals surface area (Å²) < 4.78 is 0. The zero-order valence-electron chi connectivity index (χ0n) is 17.7. The van der Waals surface area contributed by atoms with Crippen LogP contribution in [0.25, 0.3) is 11.4 Å². The lowest BCUT2D eigenvalue weighted by Gasteiger charge is -2.26. The van der Waals surface area contributed by atoms with Gasteiger partial charge in [0.25, 0.3) is 5.56 Å². The van der Waals surface area contributed by atoms with Gasteiger partial charge in [-0.1, -0.05) is 30.7 Å². The maximum atomic E-state index is 12.0. The number of nitrogens with one attached hydrogen (secondary N) is 2. The van der Waals surface area contributed by atoms with Crippen LogP contribution in [0.4, 0.5) is 5.82 Å². The molecule has 156 valence electrons. The van der Waals surface area contributed by atoms with Crippen molar-refractivity contribution >= 4 is 5.82 Å². The number of aryl methyl sites for hydroxylation is 1.